The smallest absolute Gasteiger partial charge is 0.344 e. The number of benzene rings is 4. The lowest BCUT2D eigenvalue weighted by atomic mass is 10.0. The topological polar surface area (TPSA) is 76.7 Å². The van der Waals surface area contributed by atoms with Gasteiger partial charge in [0.15, 0.2) is 0 Å². The van der Waals surface area contributed by atoms with Crippen LogP contribution in [0.2, 0.25) is 0 Å². The fourth-order valence-corrected chi connectivity index (χ4v) is 3.51. The van der Waals surface area contributed by atoms with Gasteiger partial charge in [-0.1, -0.05) is 48.5 Å². The van der Waals surface area contributed by atoms with Crippen LogP contribution in [-0.2, 0) is 0 Å². The first-order valence-corrected chi connectivity index (χ1v) is 9.00. The second-order valence-electron chi connectivity index (χ2n) is 6.66. The number of hydrogen-bond donors (Lipinski definition) is 1. The molecule has 0 aliphatic carbocycles. The number of ether oxygens (including phenoxy) is 1. The predicted octanol–water partition coefficient (Wildman–Crippen LogP) is 5.02. The third-order valence-electron chi connectivity index (χ3n) is 4.85. The van der Waals surface area contributed by atoms with Crippen LogP contribution in [0.25, 0.3) is 32.7 Å². The van der Waals surface area contributed by atoms with Crippen molar-refractivity contribution in [1.82, 2.24) is 0 Å². The molecule has 0 fully saturated rings. The summed E-state index contributed by atoms with van der Waals surface area (Å²) in [5.41, 5.74) is 0.602. The molecule has 1 N–H and O–H groups in total. The molecule has 1 aromatic heterocycles. The summed E-state index contributed by atoms with van der Waals surface area (Å²) in [5, 5.41) is 12.5. The van der Waals surface area contributed by atoms with Crippen LogP contribution >= 0.6 is 0 Å². The van der Waals surface area contributed by atoms with Gasteiger partial charge in [-0.15, -0.1) is 0 Å². The molecule has 0 unspecified atom stereocenters. The number of rotatable bonds is 2. The minimum absolute atomic E-state index is 0.0497. The van der Waals surface area contributed by atoms with Crippen molar-refractivity contribution in [3.63, 3.8) is 0 Å². The van der Waals surface area contributed by atoms with E-state index in [4.69, 9.17) is 9.15 Å². The summed E-state index contributed by atoms with van der Waals surface area (Å²) in [6.45, 7) is 0. The van der Waals surface area contributed by atoms with Gasteiger partial charge in [-0.25, -0.2) is 4.79 Å². The lowest BCUT2D eigenvalue weighted by Gasteiger charge is -2.09. The molecule has 0 amide bonds. The molecule has 5 aromatic rings. The molecule has 5 heteroatoms. The number of phenolic OH excluding ortho intramolecular Hbond substituents is 1. The van der Waals surface area contributed by atoms with Crippen molar-refractivity contribution < 1.29 is 19.1 Å². The molecular weight excluding hydrogens is 368 g/mol. The van der Waals surface area contributed by atoms with Crippen LogP contribution < -0.4 is 10.2 Å². The normalized spacial score (nSPS) is 11.2. The predicted molar refractivity (Wildman–Crippen MR) is 111 cm³/mol. The number of hydrogen-bond acceptors (Lipinski definition) is 5. The maximum atomic E-state index is 12.8. The van der Waals surface area contributed by atoms with Gasteiger partial charge in [-0.2, -0.15) is 0 Å². The summed E-state index contributed by atoms with van der Waals surface area (Å²) < 4.78 is 11.2. The van der Waals surface area contributed by atoms with E-state index in [-0.39, 0.29) is 27.9 Å². The maximum Gasteiger partial charge on any atom is 0.344 e. The van der Waals surface area contributed by atoms with Gasteiger partial charge in [-0.05, 0) is 29.0 Å². The van der Waals surface area contributed by atoms with Gasteiger partial charge in [0.1, 0.15) is 28.1 Å². The zero-order valence-corrected chi connectivity index (χ0v) is 15.1. The summed E-state index contributed by atoms with van der Waals surface area (Å²) in [6, 6.07) is 22.3. The third kappa shape index (κ3) is 2.80. The molecule has 5 rings (SSSR count). The lowest BCUT2D eigenvalue weighted by molar-refractivity contribution is 0.0737. The Morgan fingerprint density at radius 2 is 1.55 bits per heavy atom. The Morgan fingerprint density at radius 1 is 0.828 bits per heavy atom. The Kier molecular flexibility index (Phi) is 3.81. The van der Waals surface area contributed by atoms with Gasteiger partial charge in [0, 0.05) is 12.1 Å². The second kappa shape index (κ2) is 6.49. The largest absolute Gasteiger partial charge is 0.507 e. The van der Waals surface area contributed by atoms with Crippen molar-refractivity contribution in [2.24, 2.45) is 0 Å². The molecule has 0 saturated carbocycles. The molecule has 0 saturated heterocycles. The van der Waals surface area contributed by atoms with Crippen molar-refractivity contribution in [1.29, 1.82) is 0 Å². The van der Waals surface area contributed by atoms with Crippen molar-refractivity contribution >= 4 is 38.7 Å². The standard InChI is InChI=1S/C24H14O5/c25-19-12-15(13-21-22(19)23(26)18-9-3-4-11-20(18)29-21)28-24(27)17-10-5-7-14-6-1-2-8-16(14)17/h1-13,25H. The zero-order valence-electron chi connectivity index (χ0n) is 15.1. The summed E-state index contributed by atoms with van der Waals surface area (Å²) >= 11 is 0. The number of esters is 1. The van der Waals surface area contributed by atoms with Crippen LogP contribution in [0.15, 0.2) is 88.1 Å². The minimum Gasteiger partial charge on any atom is -0.507 e. The summed E-state index contributed by atoms with van der Waals surface area (Å²) in [7, 11) is 0. The molecule has 4 aromatic carbocycles. The van der Waals surface area contributed by atoms with Gasteiger partial charge in [0.05, 0.1) is 10.9 Å². The third-order valence-corrected chi connectivity index (χ3v) is 4.85. The molecule has 0 atom stereocenters. The summed E-state index contributed by atoms with van der Waals surface area (Å²) in [6.07, 6.45) is 0. The van der Waals surface area contributed by atoms with E-state index in [1.807, 2.05) is 30.3 Å². The highest BCUT2D eigenvalue weighted by Gasteiger charge is 2.17. The fourth-order valence-electron chi connectivity index (χ4n) is 3.51. The highest BCUT2D eigenvalue weighted by atomic mass is 16.5. The Morgan fingerprint density at radius 3 is 2.41 bits per heavy atom. The van der Waals surface area contributed by atoms with Crippen molar-refractivity contribution in [2.45, 2.75) is 0 Å². The maximum absolute atomic E-state index is 12.8. The van der Waals surface area contributed by atoms with Crippen LogP contribution in [0.1, 0.15) is 10.4 Å². The van der Waals surface area contributed by atoms with Crippen LogP contribution in [0, 0.1) is 0 Å². The minimum atomic E-state index is -0.566. The highest BCUT2D eigenvalue weighted by Crippen LogP contribution is 2.31. The van der Waals surface area contributed by atoms with Gasteiger partial charge in [0.25, 0.3) is 0 Å². The van der Waals surface area contributed by atoms with Crippen molar-refractivity contribution in [3.8, 4) is 11.5 Å². The Balaban J connectivity index is 1.61. The number of carbonyl (C=O) groups excluding carboxylic acids is 1. The zero-order chi connectivity index (χ0) is 20.0. The van der Waals surface area contributed by atoms with Crippen LogP contribution in [0.3, 0.4) is 0 Å². The first-order chi connectivity index (χ1) is 14.1. The van der Waals surface area contributed by atoms with E-state index in [0.717, 1.165) is 10.8 Å². The Bertz CT molecular complexity index is 1470. The molecule has 0 bridgehead atoms. The number of aromatic hydroxyl groups is 1. The number of carbonyl (C=O) groups is 1. The van der Waals surface area contributed by atoms with Gasteiger partial charge >= 0.3 is 5.97 Å². The quantitative estimate of drug-likeness (QED) is 0.263. The van der Waals surface area contributed by atoms with Crippen LogP contribution in [-0.4, -0.2) is 11.1 Å². The van der Waals surface area contributed by atoms with Crippen LogP contribution in [0.5, 0.6) is 11.5 Å². The van der Waals surface area contributed by atoms with E-state index in [1.54, 1.807) is 36.4 Å². The van der Waals surface area contributed by atoms with Crippen LogP contribution in [0.4, 0.5) is 0 Å². The summed E-state index contributed by atoms with van der Waals surface area (Å²) in [4.78, 5) is 25.4. The van der Waals surface area contributed by atoms with E-state index in [9.17, 15) is 14.7 Å². The van der Waals surface area contributed by atoms with Gasteiger partial charge in [-0.3, -0.25) is 4.79 Å². The van der Waals surface area contributed by atoms with E-state index >= 15 is 0 Å². The van der Waals surface area contributed by atoms with Crippen molar-refractivity contribution in [3.05, 3.63) is 94.6 Å². The fraction of sp³-hybridized carbons (Fsp3) is 0. The molecule has 0 aliphatic heterocycles. The molecule has 1 heterocycles. The molecule has 0 aliphatic rings. The average Bonchev–Trinajstić information content (AvgIpc) is 2.73. The SMILES string of the molecule is O=C(Oc1cc(O)c2c(=O)c3ccccc3oc2c1)c1cccc2ccccc12. The van der Waals surface area contributed by atoms with Gasteiger partial charge in [0.2, 0.25) is 5.43 Å². The number of phenols is 1. The summed E-state index contributed by atoms with van der Waals surface area (Å²) in [5.74, 6) is -0.780. The number of fused-ring (bicyclic) bond motifs is 3. The molecular formula is C24H14O5. The second-order valence-corrected chi connectivity index (χ2v) is 6.66. The average molecular weight is 382 g/mol. The highest BCUT2D eigenvalue weighted by molar-refractivity contribution is 6.05. The Hall–Kier alpha value is -4.12. The van der Waals surface area contributed by atoms with E-state index in [2.05, 4.69) is 0 Å². The molecule has 140 valence electrons. The molecule has 5 nitrogen and oxygen atoms in total. The van der Waals surface area contributed by atoms with E-state index in [0.29, 0.717) is 16.5 Å². The first-order valence-electron chi connectivity index (χ1n) is 9.00. The lowest BCUT2D eigenvalue weighted by Crippen LogP contribution is -2.09. The molecule has 0 radical (unpaired) electrons. The molecule has 0 spiro atoms. The first kappa shape index (κ1) is 17.0. The van der Waals surface area contributed by atoms with Crippen molar-refractivity contribution in [2.75, 3.05) is 0 Å². The number of para-hydroxylation sites is 1. The Labute approximate surface area is 164 Å². The van der Waals surface area contributed by atoms with E-state index < -0.39 is 5.97 Å². The monoisotopic (exact) mass is 382 g/mol. The van der Waals surface area contributed by atoms with E-state index in [1.165, 1.54) is 12.1 Å². The molecule has 29 heavy (non-hydrogen) atoms. The van der Waals surface area contributed by atoms with Gasteiger partial charge < -0.3 is 14.3 Å².